The largest absolute Gasteiger partial charge is 0.0776 e. The third kappa shape index (κ3) is 32.4. The van der Waals surface area contributed by atoms with Crippen LogP contribution in [0.25, 0.3) is 0 Å². The van der Waals surface area contributed by atoms with Gasteiger partial charge in [-0.25, -0.2) is 0 Å². The molecule has 0 amide bonds. The summed E-state index contributed by atoms with van der Waals surface area (Å²) < 4.78 is 0. The van der Waals surface area contributed by atoms with E-state index in [1.165, 1.54) is 71.9 Å². The van der Waals surface area contributed by atoms with E-state index in [-0.39, 0.29) is 18.3 Å². The first-order valence-corrected chi connectivity index (χ1v) is 24.3. The van der Waals surface area contributed by atoms with Gasteiger partial charge in [0.15, 0.2) is 0 Å². The molecule has 352 valence electrons. The van der Waals surface area contributed by atoms with Crippen molar-refractivity contribution in [2.24, 2.45) is 22.7 Å². The predicted molar refractivity (Wildman–Crippen MR) is 285 cm³/mol. The maximum Gasteiger partial charge on any atom is -0.0132 e. The zero-order valence-corrected chi connectivity index (χ0v) is 45.4. The van der Waals surface area contributed by atoms with E-state index in [4.69, 9.17) is 0 Å². The standard InChI is InChI=1S/C13H20.C12H18.C12H24.C10H14.C6H14.3C2H6.CH4/c1-10(2)11-7-6-8-12(9-11)13(3,4)5;1-9-6-7-11(8-10(9)2)12(3,4)5;1-5-10-7-6-8-11(9-10)12(2,3)4;1-10(2,3)9-7-5-4-6-8-9;1-5-6(2,3)4;3*1-2;/h6-10H,1-5H3;6-8H,1-5H3;10-11H,5-9H2,1-4H3;4-8H,1-3H3;5H2,1-4H3;3*1-2H3;1H4. The van der Waals surface area contributed by atoms with Crippen molar-refractivity contribution < 1.29 is 0 Å². The monoisotopic (exact) mass is 833 g/mol. The van der Waals surface area contributed by atoms with Crippen LogP contribution in [-0.2, 0) is 16.2 Å². The molecular weight excluding hydrogens is 721 g/mol. The summed E-state index contributed by atoms with van der Waals surface area (Å²) in [6.45, 7) is 59.5. The number of rotatable bonds is 2. The van der Waals surface area contributed by atoms with E-state index in [9.17, 15) is 0 Å². The third-order valence-corrected chi connectivity index (χ3v) is 11.1. The summed E-state index contributed by atoms with van der Waals surface area (Å²) in [5.41, 5.74) is 10.4. The van der Waals surface area contributed by atoms with E-state index in [0.29, 0.717) is 22.2 Å². The molecule has 0 radical (unpaired) electrons. The van der Waals surface area contributed by atoms with E-state index in [1.54, 1.807) is 0 Å². The Morgan fingerprint density at radius 2 is 0.933 bits per heavy atom. The first-order valence-electron chi connectivity index (χ1n) is 24.3. The zero-order chi connectivity index (χ0) is 47.4. The molecule has 0 saturated heterocycles. The van der Waals surface area contributed by atoms with Crippen LogP contribution in [0.3, 0.4) is 0 Å². The molecule has 0 N–H and O–H groups in total. The molecule has 1 aliphatic carbocycles. The molecule has 60 heavy (non-hydrogen) atoms. The minimum atomic E-state index is 0. The molecule has 1 aliphatic rings. The fraction of sp³-hybridized carbons (Fsp3) is 0.700. The molecule has 0 heterocycles. The first kappa shape index (κ1) is 66.8. The van der Waals surface area contributed by atoms with Crippen LogP contribution in [0.15, 0.2) is 72.8 Å². The number of aryl methyl sites for hydroxylation is 2. The molecule has 0 bridgehead atoms. The summed E-state index contributed by atoms with van der Waals surface area (Å²) in [4.78, 5) is 0. The average Bonchev–Trinajstić information content (AvgIpc) is 3.18. The molecule has 0 aromatic heterocycles. The van der Waals surface area contributed by atoms with Gasteiger partial charge in [-0.05, 0) is 105 Å². The zero-order valence-electron chi connectivity index (χ0n) is 45.4. The van der Waals surface area contributed by atoms with Crippen molar-refractivity contribution >= 4 is 0 Å². The lowest BCUT2D eigenvalue weighted by Crippen LogP contribution is -2.26. The van der Waals surface area contributed by atoms with Gasteiger partial charge in [-0.15, -0.1) is 0 Å². The molecule has 3 aromatic carbocycles. The van der Waals surface area contributed by atoms with Crippen molar-refractivity contribution in [3.05, 3.63) is 106 Å². The van der Waals surface area contributed by atoms with Crippen LogP contribution in [0.5, 0.6) is 0 Å². The van der Waals surface area contributed by atoms with Gasteiger partial charge >= 0.3 is 0 Å². The van der Waals surface area contributed by atoms with Gasteiger partial charge in [-0.1, -0.05) is 279 Å². The van der Waals surface area contributed by atoms with Gasteiger partial charge in [0.2, 0.25) is 0 Å². The van der Waals surface area contributed by atoms with E-state index in [1.807, 2.05) is 41.5 Å². The van der Waals surface area contributed by atoms with Crippen LogP contribution in [0.4, 0.5) is 0 Å². The van der Waals surface area contributed by atoms with Gasteiger partial charge in [-0.3, -0.25) is 0 Å². The van der Waals surface area contributed by atoms with Crippen LogP contribution in [0.2, 0.25) is 0 Å². The van der Waals surface area contributed by atoms with Crippen LogP contribution in [0.1, 0.15) is 258 Å². The van der Waals surface area contributed by atoms with Crippen molar-refractivity contribution in [2.75, 3.05) is 0 Å². The lowest BCUT2D eigenvalue weighted by atomic mass is 9.69. The van der Waals surface area contributed by atoms with Crippen molar-refractivity contribution in [3.63, 3.8) is 0 Å². The highest BCUT2D eigenvalue weighted by atomic mass is 14.3. The molecule has 0 spiro atoms. The predicted octanol–water partition coefficient (Wildman–Crippen LogP) is 21.1. The Hall–Kier alpha value is -2.34. The lowest BCUT2D eigenvalue weighted by molar-refractivity contribution is 0.139. The van der Waals surface area contributed by atoms with Crippen molar-refractivity contribution in [3.8, 4) is 0 Å². The molecule has 4 rings (SSSR count). The van der Waals surface area contributed by atoms with E-state index < -0.39 is 0 Å². The summed E-state index contributed by atoms with van der Waals surface area (Å²) in [6, 6.07) is 26.2. The van der Waals surface area contributed by atoms with Gasteiger partial charge in [0, 0.05) is 0 Å². The summed E-state index contributed by atoms with van der Waals surface area (Å²) in [5.74, 6) is 2.64. The first-order chi connectivity index (χ1) is 27.0. The number of hydrogen-bond acceptors (Lipinski definition) is 0. The summed E-state index contributed by atoms with van der Waals surface area (Å²) in [6.07, 6.45) is 8.59. The molecule has 0 nitrogen and oxygen atoms in total. The number of benzene rings is 3. The topological polar surface area (TPSA) is 0 Å². The lowest BCUT2D eigenvalue weighted by Gasteiger charge is -2.37. The molecule has 0 heteroatoms. The summed E-state index contributed by atoms with van der Waals surface area (Å²) in [5, 5.41) is 0. The summed E-state index contributed by atoms with van der Waals surface area (Å²) in [7, 11) is 0. The average molecular weight is 834 g/mol. The van der Waals surface area contributed by atoms with Crippen molar-refractivity contribution in [1.82, 2.24) is 0 Å². The Kier molecular flexibility index (Phi) is 37.0. The van der Waals surface area contributed by atoms with Gasteiger partial charge in [-0.2, -0.15) is 0 Å². The van der Waals surface area contributed by atoms with Gasteiger partial charge in [0.25, 0.3) is 0 Å². The molecule has 2 unspecified atom stereocenters. The van der Waals surface area contributed by atoms with Gasteiger partial charge < -0.3 is 0 Å². The smallest absolute Gasteiger partial charge is 0.0132 e. The maximum atomic E-state index is 2.40. The maximum absolute atomic E-state index is 2.40. The molecule has 2 atom stereocenters. The fourth-order valence-corrected chi connectivity index (χ4v) is 5.96. The second-order valence-corrected chi connectivity index (χ2v) is 21.6. The van der Waals surface area contributed by atoms with Crippen LogP contribution >= 0.6 is 0 Å². The quantitative estimate of drug-likeness (QED) is 0.241. The van der Waals surface area contributed by atoms with Crippen LogP contribution in [0, 0.1) is 36.5 Å². The summed E-state index contributed by atoms with van der Waals surface area (Å²) >= 11 is 0. The van der Waals surface area contributed by atoms with E-state index >= 15 is 0 Å². The van der Waals surface area contributed by atoms with Crippen molar-refractivity contribution in [2.45, 2.75) is 255 Å². The Morgan fingerprint density at radius 3 is 1.27 bits per heavy atom. The van der Waals surface area contributed by atoms with E-state index in [2.05, 4.69) is 218 Å². The highest BCUT2D eigenvalue weighted by molar-refractivity contribution is 5.33. The number of hydrogen-bond donors (Lipinski definition) is 0. The molecular formula is C60H112. The van der Waals surface area contributed by atoms with Crippen LogP contribution < -0.4 is 0 Å². The molecule has 1 fully saturated rings. The van der Waals surface area contributed by atoms with Crippen molar-refractivity contribution in [1.29, 1.82) is 0 Å². The Labute approximate surface area is 382 Å². The Balaban J connectivity index is -0.000000206. The minimum Gasteiger partial charge on any atom is -0.0776 e. The molecule has 0 aliphatic heterocycles. The highest BCUT2D eigenvalue weighted by Crippen LogP contribution is 2.41. The second-order valence-electron chi connectivity index (χ2n) is 21.6. The van der Waals surface area contributed by atoms with Gasteiger partial charge in [0.1, 0.15) is 0 Å². The molecule has 3 aromatic rings. The second kappa shape index (κ2) is 33.2. The fourth-order valence-electron chi connectivity index (χ4n) is 5.96. The molecule has 1 saturated carbocycles. The SMILES string of the molecule is C.CC.CC.CC.CC(C)(C)c1ccccc1.CC(C)c1cccc(C(C)(C)C)c1.CCC(C)(C)C.CCC1CCCC(C(C)(C)C)C1.Cc1ccc(C(C)(C)C)cc1C. The normalized spacial score (nSPS) is 14.8. The highest BCUT2D eigenvalue weighted by Gasteiger charge is 2.29. The minimum absolute atomic E-state index is 0. The Morgan fingerprint density at radius 1 is 0.517 bits per heavy atom. The third-order valence-electron chi connectivity index (χ3n) is 11.1. The van der Waals surface area contributed by atoms with E-state index in [0.717, 1.165) is 11.8 Å². The van der Waals surface area contributed by atoms with Crippen LogP contribution in [-0.4, -0.2) is 0 Å². The van der Waals surface area contributed by atoms with Gasteiger partial charge in [0.05, 0.1) is 0 Å². The Bertz CT molecular complexity index is 1380.